The van der Waals surface area contributed by atoms with E-state index in [4.69, 9.17) is 4.98 Å². The third-order valence-corrected chi connectivity index (χ3v) is 8.95. The van der Waals surface area contributed by atoms with Gasteiger partial charge in [0.1, 0.15) is 5.82 Å². The lowest BCUT2D eigenvalue weighted by Gasteiger charge is -2.11. The molecule has 0 amide bonds. The highest BCUT2D eigenvalue weighted by Crippen LogP contribution is 2.47. The monoisotopic (exact) mass is 534 g/mol. The molecule has 0 aliphatic heterocycles. The Morgan fingerprint density at radius 2 is 1.12 bits per heavy atom. The molecule has 5 aromatic carbocycles. The Balaban J connectivity index is 1.27. The van der Waals surface area contributed by atoms with Gasteiger partial charge in [0, 0.05) is 50.6 Å². The lowest BCUT2D eigenvalue weighted by molar-refractivity contribution is 1.10. The van der Waals surface area contributed by atoms with Gasteiger partial charge in [-0.15, -0.1) is 0 Å². The summed E-state index contributed by atoms with van der Waals surface area (Å²) in [5.74, 6) is 0.919. The minimum Gasteiger partial charge on any atom is -0.309 e. The molecule has 0 fully saturated rings. The minimum absolute atomic E-state index is 0.919. The van der Waals surface area contributed by atoms with E-state index in [9.17, 15) is 0 Å². The summed E-state index contributed by atoms with van der Waals surface area (Å²) in [7, 11) is 0. The molecule has 1 aliphatic carbocycles. The quantitative estimate of drug-likeness (QED) is 0.221. The van der Waals surface area contributed by atoms with Gasteiger partial charge < -0.3 is 4.57 Å². The van der Waals surface area contributed by atoms with Gasteiger partial charge in [-0.2, -0.15) is 0 Å². The maximum absolute atomic E-state index is 5.25. The van der Waals surface area contributed by atoms with Crippen molar-refractivity contribution in [2.75, 3.05) is 0 Å². The van der Waals surface area contributed by atoms with Crippen LogP contribution in [-0.2, 0) is 0 Å². The number of fused-ring (bicyclic) bond motifs is 9. The number of rotatable bonds is 2. The van der Waals surface area contributed by atoms with Crippen molar-refractivity contribution in [1.29, 1.82) is 0 Å². The molecule has 194 valence electrons. The number of para-hydroxylation sites is 3. The van der Waals surface area contributed by atoms with Crippen LogP contribution in [0.3, 0.4) is 0 Å². The summed E-state index contributed by atoms with van der Waals surface area (Å²) in [5, 5.41) is 6.16. The Morgan fingerprint density at radius 3 is 1.88 bits per heavy atom. The van der Waals surface area contributed by atoms with E-state index in [1.165, 1.54) is 60.2 Å². The zero-order valence-corrected chi connectivity index (χ0v) is 22.5. The zero-order chi connectivity index (χ0) is 27.4. The van der Waals surface area contributed by atoms with Crippen LogP contribution in [0, 0.1) is 0 Å². The van der Waals surface area contributed by atoms with Crippen LogP contribution in [0.2, 0.25) is 0 Å². The van der Waals surface area contributed by atoms with Crippen LogP contribution in [-0.4, -0.2) is 19.1 Å². The highest BCUT2D eigenvalue weighted by atomic mass is 15.1. The molecule has 10 rings (SSSR count). The number of benzene rings is 5. The predicted octanol–water partition coefficient (Wildman–Crippen LogP) is 9.47. The average molecular weight is 535 g/mol. The molecule has 4 aromatic heterocycles. The summed E-state index contributed by atoms with van der Waals surface area (Å²) in [5.41, 5.74) is 11.7. The van der Waals surface area contributed by atoms with Crippen LogP contribution in [0.15, 0.2) is 134 Å². The summed E-state index contributed by atoms with van der Waals surface area (Å²) >= 11 is 0. The number of nitrogens with zero attached hydrogens (tertiary/aromatic N) is 4. The van der Waals surface area contributed by atoms with Crippen LogP contribution in [0.5, 0.6) is 0 Å². The molecule has 4 heterocycles. The highest BCUT2D eigenvalue weighted by molar-refractivity contribution is 6.15. The predicted molar refractivity (Wildman–Crippen MR) is 173 cm³/mol. The summed E-state index contributed by atoms with van der Waals surface area (Å²) in [6.45, 7) is 0. The van der Waals surface area contributed by atoms with Gasteiger partial charge in [0.2, 0.25) is 0 Å². The number of pyridine rings is 2. The van der Waals surface area contributed by atoms with Crippen molar-refractivity contribution in [1.82, 2.24) is 19.1 Å². The lowest BCUT2D eigenvalue weighted by atomic mass is 10.1. The molecule has 0 radical (unpaired) electrons. The molecular weight excluding hydrogens is 512 g/mol. The van der Waals surface area contributed by atoms with E-state index in [-0.39, 0.29) is 0 Å². The summed E-state index contributed by atoms with van der Waals surface area (Å²) in [4.78, 5) is 9.72. The largest absolute Gasteiger partial charge is 0.309 e. The van der Waals surface area contributed by atoms with Crippen molar-refractivity contribution in [3.63, 3.8) is 0 Å². The molecule has 0 saturated heterocycles. The Kier molecular flexibility index (Phi) is 4.15. The molecule has 9 aromatic rings. The lowest BCUT2D eigenvalue weighted by Crippen LogP contribution is -1.99. The molecule has 0 spiro atoms. The Hall–Kier alpha value is -5.74. The average Bonchev–Trinajstić information content (AvgIpc) is 3.68. The van der Waals surface area contributed by atoms with Crippen molar-refractivity contribution >= 4 is 54.5 Å². The van der Waals surface area contributed by atoms with Crippen LogP contribution in [0.25, 0.3) is 88.3 Å². The first-order valence-electron chi connectivity index (χ1n) is 14.3. The standard InChI is InChI=1S/C38H22N4/c1-4-13-33-25(8-1)26-9-2-5-14-34(26)41(33)23-16-17-36-29(20-23)27-10-3-6-15-35(27)42(36)37-21-30-31-22-39-19-18-24(31)28-11-7-12-32(40-37)38(28)30/h1-22H. The molecule has 0 saturated carbocycles. The third kappa shape index (κ3) is 2.76. The van der Waals surface area contributed by atoms with Gasteiger partial charge in [0.25, 0.3) is 0 Å². The SMILES string of the molecule is c1cc2c3c(cc(-n4c5ccccc5c5cc(-n6c7ccccc7c7ccccc76)ccc54)nc3c1)-c1cnccc1-2. The van der Waals surface area contributed by atoms with Crippen molar-refractivity contribution in [2.45, 2.75) is 0 Å². The van der Waals surface area contributed by atoms with Crippen LogP contribution in [0.4, 0.5) is 0 Å². The van der Waals surface area contributed by atoms with E-state index < -0.39 is 0 Å². The first-order chi connectivity index (χ1) is 20.8. The maximum Gasteiger partial charge on any atom is 0.138 e. The third-order valence-electron chi connectivity index (χ3n) is 8.95. The van der Waals surface area contributed by atoms with Gasteiger partial charge in [-0.25, -0.2) is 4.98 Å². The summed E-state index contributed by atoms with van der Waals surface area (Å²) in [6.07, 6.45) is 3.86. The van der Waals surface area contributed by atoms with Gasteiger partial charge >= 0.3 is 0 Å². The van der Waals surface area contributed by atoms with Crippen molar-refractivity contribution < 1.29 is 0 Å². The van der Waals surface area contributed by atoms with E-state index in [1.807, 2.05) is 12.4 Å². The second kappa shape index (κ2) is 7.93. The molecule has 0 N–H and O–H groups in total. The van der Waals surface area contributed by atoms with E-state index >= 15 is 0 Å². The zero-order valence-electron chi connectivity index (χ0n) is 22.5. The van der Waals surface area contributed by atoms with Crippen molar-refractivity contribution in [3.8, 4) is 33.8 Å². The molecule has 0 unspecified atom stereocenters. The van der Waals surface area contributed by atoms with Gasteiger partial charge in [-0.3, -0.25) is 9.55 Å². The summed E-state index contributed by atoms with van der Waals surface area (Å²) < 4.78 is 4.70. The van der Waals surface area contributed by atoms with Crippen LogP contribution in [0.1, 0.15) is 0 Å². The van der Waals surface area contributed by atoms with E-state index in [1.54, 1.807) is 0 Å². The first-order valence-corrected chi connectivity index (χ1v) is 14.3. The Morgan fingerprint density at radius 1 is 0.452 bits per heavy atom. The van der Waals surface area contributed by atoms with Gasteiger partial charge in [-0.1, -0.05) is 66.7 Å². The van der Waals surface area contributed by atoms with Gasteiger partial charge in [-0.05, 0) is 71.3 Å². The first kappa shape index (κ1) is 22.0. The fraction of sp³-hybridized carbons (Fsp3) is 0. The Labute approximate surface area is 240 Å². The molecular formula is C38H22N4. The second-order valence-corrected chi connectivity index (χ2v) is 11.1. The molecule has 4 heteroatoms. The van der Waals surface area contributed by atoms with Crippen LogP contribution < -0.4 is 0 Å². The van der Waals surface area contributed by atoms with Gasteiger partial charge in [0.05, 0.1) is 27.6 Å². The number of aromatic nitrogens is 4. The van der Waals surface area contributed by atoms with E-state index in [2.05, 4.69) is 135 Å². The smallest absolute Gasteiger partial charge is 0.138 e. The topological polar surface area (TPSA) is 35.6 Å². The van der Waals surface area contributed by atoms with Crippen LogP contribution >= 0.6 is 0 Å². The molecule has 1 aliphatic rings. The number of hydrogen-bond donors (Lipinski definition) is 0. The summed E-state index contributed by atoms with van der Waals surface area (Å²) in [6, 6.07) is 43.6. The van der Waals surface area contributed by atoms with Crippen molar-refractivity contribution in [2.24, 2.45) is 0 Å². The normalized spacial score (nSPS) is 12.3. The van der Waals surface area contributed by atoms with Crippen molar-refractivity contribution in [3.05, 3.63) is 134 Å². The Bertz CT molecular complexity index is 2530. The minimum atomic E-state index is 0.919. The highest BCUT2D eigenvalue weighted by Gasteiger charge is 2.24. The molecule has 0 atom stereocenters. The molecule has 4 nitrogen and oxygen atoms in total. The number of hydrogen-bond acceptors (Lipinski definition) is 2. The fourth-order valence-corrected chi connectivity index (χ4v) is 7.22. The maximum atomic E-state index is 5.25. The van der Waals surface area contributed by atoms with E-state index in [0.29, 0.717) is 0 Å². The fourth-order valence-electron chi connectivity index (χ4n) is 7.22. The van der Waals surface area contributed by atoms with E-state index in [0.717, 1.165) is 28.1 Å². The van der Waals surface area contributed by atoms with Gasteiger partial charge in [0.15, 0.2) is 0 Å². The second-order valence-electron chi connectivity index (χ2n) is 11.1. The molecule has 0 bridgehead atoms. The molecule has 42 heavy (non-hydrogen) atoms.